The van der Waals surface area contributed by atoms with Gasteiger partial charge in [0.2, 0.25) is 0 Å². The monoisotopic (exact) mass is 222 g/mol. The molecule has 0 aliphatic heterocycles. The molecule has 0 saturated heterocycles. The fourth-order valence-corrected chi connectivity index (χ4v) is 1.47. The van der Waals surface area contributed by atoms with Gasteiger partial charge < -0.3 is 10.6 Å². The first-order valence-electron chi connectivity index (χ1n) is 5.96. The minimum Gasteiger partial charge on any atom is -0.370 e. The highest BCUT2D eigenvalue weighted by atomic mass is 15.1. The zero-order valence-corrected chi connectivity index (χ0v) is 10.9. The molecule has 16 heavy (non-hydrogen) atoms. The van der Waals surface area contributed by atoms with Gasteiger partial charge in [-0.3, -0.25) is 0 Å². The van der Waals surface area contributed by atoms with Crippen LogP contribution in [0.15, 0.2) is 0 Å². The van der Waals surface area contributed by atoms with Gasteiger partial charge in [0.15, 0.2) is 0 Å². The van der Waals surface area contributed by atoms with E-state index in [0.29, 0.717) is 6.04 Å². The smallest absolute Gasteiger partial charge is 0.134 e. The third-order valence-corrected chi connectivity index (χ3v) is 2.28. The van der Waals surface area contributed by atoms with Crippen molar-refractivity contribution in [3.05, 3.63) is 11.4 Å². The van der Waals surface area contributed by atoms with Crippen molar-refractivity contribution < 1.29 is 0 Å². The van der Waals surface area contributed by atoms with E-state index in [4.69, 9.17) is 0 Å². The van der Waals surface area contributed by atoms with E-state index in [9.17, 15) is 0 Å². The summed E-state index contributed by atoms with van der Waals surface area (Å²) in [6, 6.07) is 0.382. The summed E-state index contributed by atoms with van der Waals surface area (Å²) in [4.78, 5) is 9.00. The van der Waals surface area contributed by atoms with E-state index in [1.54, 1.807) is 0 Å². The Morgan fingerprint density at radius 1 is 1.12 bits per heavy atom. The number of rotatable bonds is 5. The Balaban J connectivity index is 3.09. The van der Waals surface area contributed by atoms with E-state index < -0.39 is 0 Å². The molecule has 1 aromatic rings. The molecule has 1 rings (SSSR count). The quantitative estimate of drug-likeness (QED) is 0.804. The highest BCUT2D eigenvalue weighted by Crippen LogP contribution is 2.20. The molecule has 0 saturated carbocycles. The van der Waals surface area contributed by atoms with Crippen LogP contribution >= 0.6 is 0 Å². The Labute approximate surface area is 97.9 Å². The second-order valence-electron chi connectivity index (χ2n) is 4.14. The van der Waals surface area contributed by atoms with Crippen molar-refractivity contribution in [2.75, 3.05) is 17.2 Å². The predicted molar refractivity (Wildman–Crippen MR) is 69.1 cm³/mol. The normalized spacial score (nSPS) is 10.6. The van der Waals surface area contributed by atoms with E-state index in [0.717, 1.165) is 36.0 Å². The Morgan fingerprint density at radius 2 is 1.75 bits per heavy atom. The molecular weight excluding hydrogens is 200 g/mol. The van der Waals surface area contributed by atoms with Gasteiger partial charge in [0.25, 0.3) is 0 Å². The minimum absolute atomic E-state index is 0.382. The zero-order valence-electron chi connectivity index (χ0n) is 10.9. The maximum Gasteiger partial charge on any atom is 0.134 e. The zero-order chi connectivity index (χ0) is 12.1. The molecule has 0 aliphatic rings. The van der Waals surface area contributed by atoms with Gasteiger partial charge in [-0.15, -0.1) is 0 Å². The summed E-state index contributed by atoms with van der Waals surface area (Å²) >= 11 is 0. The molecule has 0 amide bonds. The number of nitrogens with zero attached hydrogens (tertiary/aromatic N) is 2. The number of anilines is 2. The van der Waals surface area contributed by atoms with Crippen LogP contribution in [0.1, 0.15) is 39.1 Å². The predicted octanol–water partition coefficient (Wildman–Crippen LogP) is 2.60. The summed E-state index contributed by atoms with van der Waals surface area (Å²) in [6.45, 7) is 11.3. The molecule has 0 radical (unpaired) electrons. The summed E-state index contributed by atoms with van der Waals surface area (Å²) in [7, 11) is 0. The number of aromatic nitrogens is 2. The number of hydrogen-bond acceptors (Lipinski definition) is 4. The fraction of sp³-hybridized carbons (Fsp3) is 0.667. The van der Waals surface area contributed by atoms with Crippen LogP contribution in [0.5, 0.6) is 0 Å². The highest BCUT2D eigenvalue weighted by Gasteiger charge is 2.10. The molecular formula is C12H22N4. The van der Waals surface area contributed by atoms with Crippen molar-refractivity contribution in [2.24, 2.45) is 0 Å². The fourth-order valence-electron chi connectivity index (χ4n) is 1.47. The van der Waals surface area contributed by atoms with Crippen molar-refractivity contribution in [2.45, 2.75) is 47.1 Å². The van der Waals surface area contributed by atoms with Gasteiger partial charge in [-0.25, -0.2) is 9.97 Å². The molecule has 90 valence electrons. The maximum absolute atomic E-state index is 4.51. The van der Waals surface area contributed by atoms with E-state index in [-0.39, 0.29) is 0 Å². The van der Waals surface area contributed by atoms with Crippen LogP contribution in [0, 0.1) is 6.92 Å². The second-order valence-corrected chi connectivity index (χ2v) is 4.14. The lowest BCUT2D eigenvalue weighted by molar-refractivity contribution is 0.861. The van der Waals surface area contributed by atoms with Crippen molar-refractivity contribution in [1.29, 1.82) is 0 Å². The maximum atomic E-state index is 4.51. The summed E-state index contributed by atoms with van der Waals surface area (Å²) < 4.78 is 0. The number of hydrogen-bond donors (Lipinski definition) is 2. The largest absolute Gasteiger partial charge is 0.370 e. The molecule has 4 nitrogen and oxygen atoms in total. The van der Waals surface area contributed by atoms with Crippen molar-refractivity contribution in [1.82, 2.24) is 9.97 Å². The standard InChI is InChI=1S/C12H22N4/c1-6-10-15-11(13-7-2)9(5)12(16-10)14-8(3)4/h8H,6-7H2,1-5H3,(H2,13,14,15,16). The second kappa shape index (κ2) is 5.68. The summed E-state index contributed by atoms with van der Waals surface area (Å²) in [6.07, 6.45) is 0.853. The molecule has 0 unspecified atom stereocenters. The van der Waals surface area contributed by atoms with Crippen LogP contribution in [0.4, 0.5) is 11.6 Å². The number of nitrogens with one attached hydrogen (secondary N) is 2. The molecule has 0 aromatic carbocycles. The summed E-state index contributed by atoms with van der Waals surface area (Å²) in [5, 5.41) is 6.63. The van der Waals surface area contributed by atoms with Crippen molar-refractivity contribution in [3.63, 3.8) is 0 Å². The van der Waals surface area contributed by atoms with Gasteiger partial charge in [-0.05, 0) is 27.7 Å². The van der Waals surface area contributed by atoms with Gasteiger partial charge in [0.1, 0.15) is 17.5 Å². The van der Waals surface area contributed by atoms with Crippen LogP contribution in [0.25, 0.3) is 0 Å². The molecule has 1 aromatic heterocycles. The third-order valence-electron chi connectivity index (χ3n) is 2.28. The Hall–Kier alpha value is -1.32. The Kier molecular flexibility index (Phi) is 4.52. The van der Waals surface area contributed by atoms with Crippen molar-refractivity contribution >= 4 is 11.6 Å². The van der Waals surface area contributed by atoms with Crippen molar-refractivity contribution in [3.8, 4) is 0 Å². The lowest BCUT2D eigenvalue weighted by Gasteiger charge is -2.16. The molecule has 0 atom stereocenters. The number of aryl methyl sites for hydroxylation is 1. The molecule has 2 N–H and O–H groups in total. The van der Waals surface area contributed by atoms with Gasteiger partial charge in [-0.2, -0.15) is 0 Å². The molecule has 1 heterocycles. The lowest BCUT2D eigenvalue weighted by Crippen LogP contribution is -2.15. The molecule has 4 heteroatoms. The van der Waals surface area contributed by atoms with Crippen LogP contribution in [-0.4, -0.2) is 22.6 Å². The molecule has 0 bridgehead atoms. The van der Waals surface area contributed by atoms with Gasteiger partial charge in [0.05, 0.1) is 0 Å². The third kappa shape index (κ3) is 3.08. The first-order chi connectivity index (χ1) is 7.58. The summed E-state index contributed by atoms with van der Waals surface area (Å²) in [5.41, 5.74) is 1.09. The summed E-state index contributed by atoms with van der Waals surface area (Å²) in [5.74, 6) is 2.76. The topological polar surface area (TPSA) is 49.8 Å². The SMILES string of the molecule is CCNc1nc(CC)nc(NC(C)C)c1C. The first-order valence-corrected chi connectivity index (χ1v) is 5.96. The first kappa shape index (κ1) is 12.7. The average molecular weight is 222 g/mol. The molecule has 0 fully saturated rings. The molecule has 0 aliphatic carbocycles. The molecule has 0 spiro atoms. The Bertz CT molecular complexity index is 347. The average Bonchev–Trinajstić information content (AvgIpc) is 2.23. The van der Waals surface area contributed by atoms with E-state index in [1.807, 2.05) is 6.92 Å². The van der Waals surface area contributed by atoms with Crippen LogP contribution in [0.2, 0.25) is 0 Å². The van der Waals surface area contributed by atoms with Gasteiger partial charge in [-0.1, -0.05) is 6.92 Å². The Morgan fingerprint density at radius 3 is 2.25 bits per heavy atom. The lowest BCUT2D eigenvalue weighted by atomic mass is 10.2. The van der Waals surface area contributed by atoms with Gasteiger partial charge >= 0.3 is 0 Å². The van der Waals surface area contributed by atoms with Gasteiger partial charge in [0, 0.05) is 24.6 Å². The minimum atomic E-state index is 0.382. The van der Waals surface area contributed by atoms with E-state index in [1.165, 1.54) is 0 Å². The van der Waals surface area contributed by atoms with Crippen LogP contribution < -0.4 is 10.6 Å². The van der Waals surface area contributed by atoms with Crippen LogP contribution in [-0.2, 0) is 6.42 Å². The van der Waals surface area contributed by atoms with E-state index in [2.05, 4.69) is 48.3 Å². The van der Waals surface area contributed by atoms with Crippen LogP contribution in [0.3, 0.4) is 0 Å². The highest BCUT2D eigenvalue weighted by molar-refractivity contribution is 5.57. The van der Waals surface area contributed by atoms with E-state index >= 15 is 0 Å².